The molecule has 0 spiro atoms. The molecule has 4 nitrogen and oxygen atoms in total. The van der Waals surface area contributed by atoms with Crippen LogP contribution in [0.25, 0.3) is 11.4 Å². The highest BCUT2D eigenvalue weighted by Crippen LogP contribution is 2.25. The van der Waals surface area contributed by atoms with Crippen molar-refractivity contribution in [3.8, 4) is 11.4 Å². The number of H-pyrrole nitrogens is 1. The van der Waals surface area contributed by atoms with Crippen molar-refractivity contribution in [1.29, 1.82) is 0 Å². The quantitative estimate of drug-likeness (QED) is 0.368. The Labute approximate surface area is 163 Å². The summed E-state index contributed by atoms with van der Waals surface area (Å²) >= 11 is 7.06. The number of benzene rings is 2. The van der Waals surface area contributed by atoms with Gasteiger partial charge in [0.2, 0.25) is 4.77 Å². The predicted octanol–water partition coefficient (Wildman–Crippen LogP) is 5.51. The Morgan fingerprint density at radius 2 is 1.73 bits per heavy atom. The Morgan fingerprint density at radius 3 is 2.31 bits per heavy atom. The molecule has 1 N–H and O–H groups in total. The first kappa shape index (κ1) is 18.6. The van der Waals surface area contributed by atoms with Crippen molar-refractivity contribution >= 4 is 30.2 Å². The minimum Gasteiger partial charge on any atom is -0.250 e. The number of thioether (sulfide) groups is 1. The van der Waals surface area contributed by atoms with Gasteiger partial charge in [-0.1, -0.05) is 57.2 Å². The van der Waals surface area contributed by atoms with E-state index in [-0.39, 0.29) is 5.41 Å². The van der Waals surface area contributed by atoms with Crippen LogP contribution in [0.3, 0.4) is 0 Å². The molecule has 2 aromatic carbocycles. The summed E-state index contributed by atoms with van der Waals surface area (Å²) in [7, 11) is 0. The molecular weight excluding hydrogens is 360 g/mol. The average molecular weight is 383 g/mol. The second kappa shape index (κ2) is 7.60. The number of aromatic nitrogens is 3. The van der Waals surface area contributed by atoms with Gasteiger partial charge in [-0.2, -0.15) is 14.9 Å². The van der Waals surface area contributed by atoms with Gasteiger partial charge in [0, 0.05) is 10.5 Å². The fourth-order valence-electron chi connectivity index (χ4n) is 2.52. The molecule has 0 atom stereocenters. The summed E-state index contributed by atoms with van der Waals surface area (Å²) in [6.07, 6.45) is 3.85. The molecule has 3 rings (SSSR count). The van der Waals surface area contributed by atoms with Gasteiger partial charge in [0.1, 0.15) is 0 Å². The molecule has 0 fully saturated rings. The zero-order valence-electron chi connectivity index (χ0n) is 15.4. The lowest BCUT2D eigenvalue weighted by atomic mass is 9.87. The van der Waals surface area contributed by atoms with Gasteiger partial charge < -0.3 is 0 Å². The first-order chi connectivity index (χ1) is 12.4. The Bertz CT molecular complexity index is 959. The smallest absolute Gasteiger partial charge is 0.216 e. The predicted molar refractivity (Wildman–Crippen MR) is 113 cm³/mol. The van der Waals surface area contributed by atoms with Gasteiger partial charge in [-0.05, 0) is 47.1 Å². The number of nitrogens with one attached hydrogen (secondary N) is 1. The molecule has 134 valence electrons. The number of hydrogen-bond acceptors (Lipinski definition) is 4. The summed E-state index contributed by atoms with van der Waals surface area (Å²) in [5.41, 5.74) is 3.38. The van der Waals surface area contributed by atoms with Crippen LogP contribution in [0.15, 0.2) is 58.5 Å². The second-order valence-corrected chi connectivity index (χ2v) is 8.28. The van der Waals surface area contributed by atoms with Crippen molar-refractivity contribution in [2.45, 2.75) is 31.1 Å². The van der Waals surface area contributed by atoms with Crippen LogP contribution in [0, 0.1) is 4.77 Å². The van der Waals surface area contributed by atoms with Gasteiger partial charge in [0.15, 0.2) is 5.82 Å². The molecule has 0 bridgehead atoms. The van der Waals surface area contributed by atoms with E-state index in [1.165, 1.54) is 10.5 Å². The summed E-state index contributed by atoms with van der Waals surface area (Å²) < 4.78 is 2.13. The van der Waals surface area contributed by atoms with Crippen LogP contribution < -0.4 is 0 Å². The summed E-state index contributed by atoms with van der Waals surface area (Å²) in [5, 5.41) is 11.7. The molecule has 1 heterocycles. The monoisotopic (exact) mass is 382 g/mol. The van der Waals surface area contributed by atoms with E-state index in [9.17, 15) is 0 Å². The number of rotatable bonds is 4. The molecule has 1 aromatic heterocycles. The van der Waals surface area contributed by atoms with E-state index in [4.69, 9.17) is 12.2 Å². The zero-order valence-corrected chi connectivity index (χ0v) is 17.0. The molecule has 0 saturated carbocycles. The van der Waals surface area contributed by atoms with E-state index < -0.39 is 0 Å². The molecular formula is C20H22N4S2. The number of nitrogens with zero attached hydrogens (tertiary/aromatic N) is 3. The largest absolute Gasteiger partial charge is 0.250 e. The Hall–Kier alpha value is -2.18. The molecule has 0 aliphatic heterocycles. The zero-order chi connectivity index (χ0) is 18.7. The van der Waals surface area contributed by atoms with E-state index in [0.717, 1.165) is 11.1 Å². The lowest BCUT2D eigenvalue weighted by molar-refractivity contribution is 0.590. The molecule has 0 amide bonds. The number of aromatic amines is 1. The fourth-order valence-corrected chi connectivity index (χ4v) is 3.11. The van der Waals surface area contributed by atoms with Crippen molar-refractivity contribution in [2.24, 2.45) is 5.10 Å². The maximum Gasteiger partial charge on any atom is 0.216 e. The maximum absolute atomic E-state index is 5.34. The molecule has 0 aliphatic rings. The highest BCUT2D eigenvalue weighted by Gasteiger charge is 2.14. The molecule has 6 heteroatoms. The van der Waals surface area contributed by atoms with Crippen molar-refractivity contribution in [1.82, 2.24) is 14.9 Å². The molecule has 0 aliphatic carbocycles. The molecule has 0 saturated heterocycles. The topological polar surface area (TPSA) is 46.0 Å². The lowest BCUT2D eigenvalue weighted by Crippen LogP contribution is -2.10. The minimum atomic E-state index is 0.115. The Balaban J connectivity index is 1.91. The molecule has 3 aromatic rings. The van der Waals surface area contributed by atoms with Gasteiger partial charge in [0.25, 0.3) is 0 Å². The maximum atomic E-state index is 5.34. The normalized spacial score (nSPS) is 12.0. The van der Waals surface area contributed by atoms with Gasteiger partial charge >= 0.3 is 0 Å². The summed E-state index contributed by atoms with van der Waals surface area (Å²) in [5.74, 6) is 0.701. The van der Waals surface area contributed by atoms with E-state index >= 15 is 0 Å². The second-order valence-electron chi connectivity index (χ2n) is 7.01. The van der Waals surface area contributed by atoms with Gasteiger partial charge in [-0.3, -0.25) is 0 Å². The summed E-state index contributed by atoms with van der Waals surface area (Å²) in [6.45, 7) is 6.60. The van der Waals surface area contributed by atoms with Crippen molar-refractivity contribution in [3.63, 3.8) is 0 Å². The van der Waals surface area contributed by atoms with Crippen molar-refractivity contribution in [3.05, 3.63) is 64.4 Å². The van der Waals surface area contributed by atoms with E-state index in [0.29, 0.717) is 10.6 Å². The molecule has 26 heavy (non-hydrogen) atoms. The fraction of sp³-hybridized carbons (Fsp3) is 0.250. The van der Waals surface area contributed by atoms with E-state index in [1.54, 1.807) is 22.7 Å². The van der Waals surface area contributed by atoms with Gasteiger partial charge in [-0.25, -0.2) is 5.10 Å². The Morgan fingerprint density at radius 1 is 1.08 bits per heavy atom. The van der Waals surface area contributed by atoms with E-state index in [1.807, 2.05) is 12.1 Å². The first-order valence-electron chi connectivity index (χ1n) is 8.35. The number of hydrogen-bond donors (Lipinski definition) is 1. The minimum absolute atomic E-state index is 0.115. The summed E-state index contributed by atoms with van der Waals surface area (Å²) in [6, 6.07) is 16.6. The summed E-state index contributed by atoms with van der Waals surface area (Å²) in [4.78, 5) is 1.22. The standard InChI is InChI=1S/C20H22N4S2/c1-20(2,3)16-9-7-15(8-10-16)18-22-23-19(25)24(18)21-13-14-5-11-17(26-4)12-6-14/h5-13H,1-4H3,(H,23,25). The highest BCUT2D eigenvalue weighted by molar-refractivity contribution is 7.98. The van der Waals surface area contributed by atoms with Gasteiger partial charge in [0.05, 0.1) is 6.21 Å². The third-order valence-electron chi connectivity index (χ3n) is 4.10. The van der Waals surface area contributed by atoms with Crippen LogP contribution in [0.4, 0.5) is 0 Å². The van der Waals surface area contributed by atoms with Crippen LogP contribution in [0.2, 0.25) is 0 Å². The van der Waals surface area contributed by atoms with Crippen LogP contribution in [0.5, 0.6) is 0 Å². The highest BCUT2D eigenvalue weighted by atomic mass is 32.2. The van der Waals surface area contributed by atoms with Crippen molar-refractivity contribution in [2.75, 3.05) is 6.26 Å². The third kappa shape index (κ3) is 4.14. The molecule has 0 unspecified atom stereocenters. The van der Waals surface area contributed by atoms with E-state index in [2.05, 4.69) is 78.7 Å². The van der Waals surface area contributed by atoms with Crippen LogP contribution in [-0.2, 0) is 5.41 Å². The van der Waals surface area contributed by atoms with Crippen LogP contribution in [0.1, 0.15) is 31.9 Å². The average Bonchev–Trinajstić information content (AvgIpc) is 3.00. The van der Waals surface area contributed by atoms with Crippen LogP contribution >= 0.6 is 24.0 Å². The first-order valence-corrected chi connectivity index (χ1v) is 9.98. The van der Waals surface area contributed by atoms with Crippen molar-refractivity contribution < 1.29 is 0 Å². The SMILES string of the molecule is CSc1ccc(C=Nn2c(-c3ccc(C(C)(C)C)cc3)n[nH]c2=S)cc1. The lowest BCUT2D eigenvalue weighted by Gasteiger charge is -2.18. The molecule has 0 radical (unpaired) electrons. The van der Waals surface area contributed by atoms with Crippen LogP contribution in [-0.4, -0.2) is 27.3 Å². The Kier molecular flexibility index (Phi) is 5.44. The van der Waals surface area contributed by atoms with Gasteiger partial charge in [-0.15, -0.1) is 11.8 Å². The third-order valence-corrected chi connectivity index (χ3v) is 5.11.